The maximum absolute atomic E-state index is 14.4. The van der Waals surface area contributed by atoms with Gasteiger partial charge in [0.05, 0.1) is 24.5 Å². The quantitative estimate of drug-likeness (QED) is 0.777. The number of halogens is 1. The van der Waals surface area contributed by atoms with Crippen LogP contribution in [0.3, 0.4) is 0 Å². The van der Waals surface area contributed by atoms with Crippen LogP contribution in [-0.4, -0.2) is 51.6 Å². The number of urea groups is 1. The summed E-state index contributed by atoms with van der Waals surface area (Å²) in [4.78, 5) is 13.6. The summed E-state index contributed by atoms with van der Waals surface area (Å²) in [5, 5.41) is 5.34. The highest BCUT2D eigenvalue weighted by atomic mass is 19.1. The highest BCUT2D eigenvalue weighted by molar-refractivity contribution is 5.73. The lowest BCUT2D eigenvalue weighted by molar-refractivity contribution is -0.00539. The SMILES string of the molecule is COCCNC(=O)NCc1ccc(N2C[C@@H](C)O[C@@H](C)C2)c(F)c1. The Labute approximate surface area is 142 Å². The third-order valence-electron chi connectivity index (χ3n) is 3.82. The Balaban J connectivity index is 1.91. The van der Waals surface area contributed by atoms with Crippen LogP contribution < -0.4 is 15.5 Å². The van der Waals surface area contributed by atoms with Gasteiger partial charge in [-0.15, -0.1) is 0 Å². The fraction of sp³-hybridized carbons (Fsp3) is 0.588. The van der Waals surface area contributed by atoms with Crippen molar-refractivity contribution in [3.63, 3.8) is 0 Å². The number of methoxy groups -OCH3 is 1. The fourth-order valence-electron chi connectivity index (χ4n) is 2.80. The number of carbonyl (C=O) groups excluding carboxylic acids is 1. The van der Waals surface area contributed by atoms with Crippen LogP contribution in [0.1, 0.15) is 19.4 Å². The molecule has 0 bridgehead atoms. The van der Waals surface area contributed by atoms with E-state index in [1.165, 1.54) is 6.07 Å². The van der Waals surface area contributed by atoms with Crippen LogP contribution in [-0.2, 0) is 16.0 Å². The van der Waals surface area contributed by atoms with Gasteiger partial charge in [-0.3, -0.25) is 0 Å². The van der Waals surface area contributed by atoms with Crippen molar-refractivity contribution < 1.29 is 18.7 Å². The van der Waals surface area contributed by atoms with Crippen molar-refractivity contribution in [2.24, 2.45) is 0 Å². The van der Waals surface area contributed by atoms with Crippen LogP contribution in [0.5, 0.6) is 0 Å². The molecular formula is C17H26FN3O3. The molecule has 1 saturated heterocycles. The van der Waals surface area contributed by atoms with E-state index < -0.39 is 0 Å². The second kappa shape index (κ2) is 8.84. The van der Waals surface area contributed by atoms with Crippen molar-refractivity contribution in [2.75, 3.05) is 38.3 Å². The Morgan fingerprint density at radius 3 is 2.67 bits per heavy atom. The molecule has 7 heteroatoms. The number of nitrogens with zero attached hydrogens (tertiary/aromatic N) is 1. The highest BCUT2D eigenvalue weighted by Crippen LogP contribution is 2.24. The first kappa shape index (κ1) is 18.5. The van der Waals surface area contributed by atoms with Gasteiger partial charge in [-0.05, 0) is 31.5 Å². The van der Waals surface area contributed by atoms with Crippen molar-refractivity contribution in [1.82, 2.24) is 10.6 Å². The van der Waals surface area contributed by atoms with Gasteiger partial charge in [-0.25, -0.2) is 9.18 Å². The highest BCUT2D eigenvalue weighted by Gasteiger charge is 2.24. The molecule has 1 aliphatic rings. The molecule has 1 heterocycles. The molecule has 0 aliphatic carbocycles. The van der Waals surface area contributed by atoms with Crippen LogP contribution in [0, 0.1) is 5.82 Å². The molecule has 1 aromatic carbocycles. The number of hydrogen-bond acceptors (Lipinski definition) is 4. The molecule has 134 valence electrons. The summed E-state index contributed by atoms with van der Waals surface area (Å²) < 4.78 is 25.0. The molecule has 6 nitrogen and oxygen atoms in total. The van der Waals surface area contributed by atoms with Gasteiger partial charge in [-0.1, -0.05) is 6.07 Å². The third-order valence-corrected chi connectivity index (χ3v) is 3.82. The molecule has 24 heavy (non-hydrogen) atoms. The number of rotatable bonds is 6. The summed E-state index contributed by atoms with van der Waals surface area (Å²) in [6, 6.07) is 4.76. The maximum atomic E-state index is 14.4. The number of benzene rings is 1. The zero-order valence-corrected chi connectivity index (χ0v) is 14.5. The average molecular weight is 339 g/mol. The first-order valence-electron chi connectivity index (χ1n) is 8.19. The maximum Gasteiger partial charge on any atom is 0.315 e. The smallest absolute Gasteiger partial charge is 0.315 e. The monoisotopic (exact) mass is 339 g/mol. The predicted molar refractivity (Wildman–Crippen MR) is 90.7 cm³/mol. The van der Waals surface area contributed by atoms with E-state index >= 15 is 0 Å². The molecule has 1 aliphatic heterocycles. The van der Waals surface area contributed by atoms with Gasteiger partial charge in [0.25, 0.3) is 0 Å². The van der Waals surface area contributed by atoms with Crippen molar-refractivity contribution in [3.05, 3.63) is 29.6 Å². The van der Waals surface area contributed by atoms with Crippen molar-refractivity contribution in [1.29, 1.82) is 0 Å². The summed E-state index contributed by atoms with van der Waals surface area (Å²) in [5.41, 5.74) is 1.29. The normalized spacial score (nSPS) is 20.8. The molecule has 1 aromatic rings. The molecule has 0 aromatic heterocycles. The van der Waals surface area contributed by atoms with Gasteiger partial charge in [0, 0.05) is 33.3 Å². The van der Waals surface area contributed by atoms with E-state index in [1.807, 2.05) is 24.8 Å². The second-order valence-electron chi connectivity index (χ2n) is 6.05. The van der Waals surface area contributed by atoms with Gasteiger partial charge in [0.1, 0.15) is 5.82 Å². The Hall–Kier alpha value is -1.86. The van der Waals surface area contributed by atoms with Crippen molar-refractivity contribution >= 4 is 11.7 Å². The van der Waals surface area contributed by atoms with E-state index in [2.05, 4.69) is 10.6 Å². The van der Waals surface area contributed by atoms with Crippen LogP contribution in [0.25, 0.3) is 0 Å². The first-order chi connectivity index (χ1) is 11.5. The number of morpholine rings is 1. The largest absolute Gasteiger partial charge is 0.383 e. The molecule has 0 saturated carbocycles. The van der Waals surface area contributed by atoms with E-state index in [-0.39, 0.29) is 30.6 Å². The number of hydrogen-bond donors (Lipinski definition) is 2. The zero-order chi connectivity index (χ0) is 17.5. The minimum atomic E-state index is -0.299. The van der Waals surface area contributed by atoms with E-state index in [9.17, 15) is 9.18 Å². The Kier molecular flexibility index (Phi) is 6.81. The number of nitrogens with one attached hydrogen (secondary N) is 2. The van der Waals surface area contributed by atoms with Gasteiger partial charge < -0.3 is 25.0 Å². The lowest BCUT2D eigenvalue weighted by Crippen LogP contribution is -2.45. The summed E-state index contributed by atoms with van der Waals surface area (Å²) in [5.74, 6) is -0.282. The summed E-state index contributed by atoms with van der Waals surface area (Å²) in [7, 11) is 1.57. The van der Waals surface area contributed by atoms with Crippen LogP contribution in [0.2, 0.25) is 0 Å². The predicted octanol–water partition coefficient (Wildman–Crippen LogP) is 1.88. The second-order valence-corrected chi connectivity index (χ2v) is 6.05. The summed E-state index contributed by atoms with van der Waals surface area (Å²) >= 11 is 0. The van der Waals surface area contributed by atoms with E-state index in [0.29, 0.717) is 37.5 Å². The van der Waals surface area contributed by atoms with Gasteiger partial charge in [0.15, 0.2) is 0 Å². The lowest BCUT2D eigenvalue weighted by atomic mass is 10.1. The minimum absolute atomic E-state index is 0.0743. The minimum Gasteiger partial charge on any atom is -0.383 e. The topological polar surface area (TPSA) is 62.8 Å². The van der Waals surface area contributed by atoms with Gasteiger partial charge >= 0.3 is 6.03 Å². The molecule has 2 N–H and O–H groups in total. The van der Waals surface area contributed by atoms with Crippen LogP contribution in [0.15, 0.2) is 18.2 Å². The van der Waals surface area contributed by atoms with E-state index in [1.54, 1.807) is 13.2 Å². The van der Waals surface area contributed by atoms with Crippen LogP contribution >= 0.6 is 0 Å². The third kappa shape index (κ3) is 5.35. The summed E-state index contributed by atoms with van der Waals surface area (Å²) in [6.45, 7) is 6.46. The standard InChI is InChI=1S/C17H26FN3O3/c1-12-10-21(11-13(2)24-12)16-5-4-14(8-15(16)18)9-20-17(22)19-6-7-23-3/h4-5,8,12-13H,6-7,9-11H2,1-3H3,(H2,19,20,22)/t12-,13+. The Bertz CT molecular complexity index is 546. The van der Waals surface area contributed by atoms with Crippen molar-refractivity contribution in [2.45, 2.75) is 32.6 Å². The molecule has 0 unspecified atom stereocenters. The van der Waals surface area contributed by atoms with Gasteiger partial charge in [0.2, 0.25) is 0 Å². The number of ether oxygens (including phenoxy) is 2. The molecule has 2 amide bonds. The van der Waals surface area contributed by atoms with Crippen LogP contribution in [0.4, 0.5) is 14.9 Å². The van der Waals surface area contributed by atoms with E-state index in [0.717, 1.165) is 0 Å². The molecular weight excluding hydrogens is 313 g/mol. The molecule has 2 rings (SSSR count). The summed E-state index contributed by atoms with van der Waals surface area (Å²) in [6.07, 6.45) is 0.149. The number of amides is 2. The lowest BCUT2D eigenvalue weighted by Gasteiger charge is -2.37. The number of carbonyl (C=O) groups is 1. The number of anilines is 1. The fourth-order valence-corrected chi connectivity index (χ4v) is 2.80. The first-order valence-corrected chi connectivity index (χ1v) is 8.19. The van der Waals surface area contributed by atoms with E-state index in [4.69, 9.17) is 9.47 Å². The zero-order valence-electron chi connectivity index (χ0n) is 14.5. The van der Waals surface area contributed by atoms with Crippen molar-refractivity contribution in [3.8, 4) is 0 Å². The average Bonchev–Trinajstić information content (AvgIpc) is 2.52. The molecule has 0 radical (unpaired) electrons. The van der Waals surface area contributed by atoms with Gasteiger partial charge in [-0.2, -0.15) is 0 Å². The molecule has 1 fully saturated rings. The molecule has 2 atom stereocenters. The molecule has 0 spiro atoms. The Morgan fingerprint density at radius 2 is 2.04 bits per heavy atom. The Morgan fingerprint density at radius 1 is 1.33 bits per heavy atom.